The van der Waals surface area contributed by atoms with Crippen LogP contribution >= 0.6 is 0 Å². The molecule has 1 aromatic rings. The molecule has 2 heteroatoms. The largest absolute Gasteiger partial charge is 0.465 e. The molecular formula is C15H20O2. The van der Waals surface area contributed by atoms with Crippen LogP contribution < -0.4 is 0 Å². The molecule has 2 rings (SSSR count). The van der Waals surface area contributed by atoms with Crippen LogP contribution in [0.5, 0.6) is 0 Å². The second kappa shape index (κ2) is 4.91. The molecule has 0 atom stereocenters. The number of rotatable bonds is 4. The van der Waals surface area contributed by atoms with Crippen LogP contribution in [0.3, 0.4) is 0 Å². The van der Waals surface area contributed by atoms with Crippen LogP contribution in [0.25, 0.3) is 0 Å². The fraction of sp³-hybridized carbons (Fsp3) is 0.533. The molecule has 0 N–H and O–H groups in total. The number of benzene rings is 1. The van der Waals surface area contributed by atoms with E-state index >= 15 is 0 Å². The Labute approximate surface area is 103 Å². The van der Waals surface area contributed by atoms with Gasteiger partial charge in [-0.1, -0.05) is 50.6 Å². The predicted octanol–water partition coefficient (Wildman–Crippen LogP) is 3.31. The summed E-state index contributed by atoms with van der Waals surface area (Å²) in [7, 11) is 0. The summed E-state index contributed by atoms with van der Waals surface area (Å²) in [5, 5.41) is 0. The van der Waals surface area contributed by atoms with E-state index in [0.29, 0.717) is 12.5 Å². The number of ether oxygens (including phenoxy) is 1. The van der Waals surface area contributed by atoms with Crippen molar-refractivity contribution in [3.05, 3.63) is 35.9 Å². The Morgan fingerprint density at radius 1 is 1.29 bits per heavy atom. The minimum Gasteiger partial charge on any atom is -0.465 e. The summed E-state index contributed by atoms with van der Waals surface area (Å²) in [6.07, 6.45) is 2.97. The Balaban J connectivity index is 2.12. The third-order valence-electron chi connectivity index (χ3n) is 3.47. The highest BCUT2D eigenvalue weighted by Crippen LogP contribution is 2.44. The smallest absolute Gasteiger partial charge is 0.316 e. The summed E-state index contributed by atoms with van der Waals surface area (Å²) in [5.41, 5.74) is 0.760. The molecule has 17 heavy (non-hydrogen) atoms. The van der Waals surface area contributed by atoms with Gasteiger partial charge in [0.2, 0.25) is 0 Å². The Kier molecular flexibility index (Phi) is 3.51. The van der Waals surface area contributed by atoms with E-state index < -0.39 is 0 Å². The van der Waals surface area contributed by atoms with E-state index in [2.05, 4.69) is 13.8 Å². The molecule has 0 aliphatic heterocycles. The molecule has 1 aliphatic rings. The summed E-state index contributed by atoms with van der Waals surface area (Å²) in [6, 6.07) is 10.0. The molecule has 0 unspecified atom stereocenters. The quantitative estimate of drug-likeness (QED) is 0.744. The van der Waals surface area contributed by atoms with Crippen LogP contribution in [0.2, 0.25) is 0 Å². The molecule has 92 valence electrons. The summed E-state index contributed by atoms with van der Waals surface area (Å²) in [5.74, 6) is 0.357. The van der Waals surface area contributed by atoms with Gasteiger partial charge in [-0.3, -0.25) is 4.79 Å². The van der Waals surface area contributed by atoms with Crippen molar-refractivity contribution in [1.82, 2.24) is 0 Å². The van der Waals surface area contributed by atoms with Crippen molar-refractivity contribution in [2.75, 3.05) is 6.61 Å². The molecule has 0 aromatic heterocycles. The summed E-state index contributed by atoms with van der Waals surface area (Å²) >= 11 is 0. The van der Waals surface area contributed by atoms with E-state index in [1.165, 1.54) is 0 Å². The summed E-state index contributed by atoms with van der Waals surface area (Å²) < 4.78 is 5.43. The maximum Gasteiger partial charge on any atom is 0.316 e. The fourth-order valence-corrected chi connectivity index (χ4v) is 2.28. The van der Waals surface area contributed by atoms with Gasteiger partial charge in [0.05, 0.1) is 12.0 Å². The Morgan fingerprint density at radius 3 is 2.41 bits per heavy atom. The van der Waals surface area contributed by atoms with Crippen LogP contribution in [0.15, 0.2) is 30.3 Å². The van der Waals surface area contributed by atoms with E-state index in [1.807, 2.05) is 30.3 Å². The van der Waals surface area contributed by atoms with Gasteiger partial charge in [0, 0.05) is 0 Å². The predicted molar refractivity (Wildman–Crippen MR) is 67.8 cm³/mol. The van der Waals surface area contributed by atoms with E-state index in [9.17, 15) is 4.79 Å². The first kappa shape index (κ1) is 12.2. The molecule has 0 radical (unpaired) electrons. The third-order valence-corrected chi connectivity index (χ3v) is 3.47. The van der Waals surface area contributed by atoms with Crippen molar-refractivity contribution in [3.8, 4) is 0 Å². The van der Waals surface area contributed by atoms with Gasteiger partial charge < -0.3 is 4.74 Å². The molecule has 0 spiro atoms. The molecule has 1 saturated carbocycles. The van der Waals surface area contributed by atoms with Crippen molar-refractivity contribution in [2.45, 2.75) is 38.5 Å². The average molecular weight is 232 g/mol. The van der Waals surface area contributed by atoms with Crippen molar-refractivity contribution < 1.29 is 9.53 Å². The van der Waals surface area contributed by atoms with Crippen molar-refractivity contribution in [3.63, 3.8) is 0 Å². The molecule has 0 saturated heterocycles. The highest BCUT2D eigenvalue weighted by atomic mass is 16.5. The maximum absolute atomic E-state index is 12.2. The summed E-state index contributed by atoms with van der Waals surface area (Å²) in [6.45, 7) is 4.64. The highest BCUT2D eigenvalue weighted by Gasteiger charge is 2.46. The zero-order valence-electron chi connectivity index (χ0n) is 10.6. The van der Waals surface area contributed by atoms with E-state index in [-0.39, 0.29) is 11.4 Å². The van der Waals surface area contributed by atoms with Crippen LogP contribution in [-0.2, 0) is 14.9 Å². The van der Waals surface area contributed by atoms with E-state index in [1.54, 1.807) is 0 Å². The van der Waals surface area contributed by atoms with Gasteiger partial charge >= 0.3 is 5.97 Å². The first-order chi connectivity index (χ1) is 8.15. The minimum absolute atomic E-state index is 0.0383. The van der Waals surface area contributed by atoms with Gasteiger partial charge in [0.15, 0.2) is 0 Å². The molecule has 0 amide bonds. The molecule has 0 heterocycles. The Morgan fingerprint density at radius 2 is 1.94 bits per heavy atom. The molecule has 0 bridgehead atoms. The normalized spacial score (nSPS) is 17.6. The van der Waals surface area contributed by atoms with Crippen molar-refractivity contribution in [2.24, 2.45) is 5.92 Å². The zero-order valence-corrected chi connectivity index (χ0v) is 10.6. The minimum atomic E-state index is -0.351. The van der Waals surface area contributed by atoms with Crippen molar-refractivity contribution in [1.29, 1.82) is 0 Å². The van der Waals surface area contributed by atoms with Crippen LogP contribution in [0.4, 0.5) is 0 Å². The van der Waals surface area contributed by atoms with Gasteiger partial charge in [-0.25, -0.2) is 0 Å². The van der Waals surface area contributed by atoms with Crippen LogP contribution in [0, 0.1) is 5.92 Å². The maximum atomic E-state index is 12.2. The van der Waals surface area contributed by atoms with Gasteiger partial charge in [0.1, 0.15) is 0 Å². The molecular weight excluding hydrogens is 212 g/mol. The van der Waals surface area contributed by atoms with Crippen LogP contribution in [0.1, 0.15) is 38.7 Å². The molecule has 1 fully saturated rings. The molecule has 2 nitrogen and oxygen atoms in total. The topological polar surface area (TPSA) is 26.3 Å². The SMILES string of the molecule is CC(C)COC(=O)C1(c2ccccc2)CCC1. The number of carbonyl (C=O) groups is 1. The second-order valence-electron chi connectivity index (χ2n) is 5.29. The lowest BCUT2D eigenvalue weighted by molar-refractivity contribution is -0.155. The van der Waals surface area contributed by atoms with Gasteiger partial charge in [-0.15, -0.1) is 0 Å². The average Bonchev–Trinajstić information content (AvgIpc) is 2.26. The fourth-order valence-electron chi connectivity index (χ4n) is 2.28. The van der Waals surface area contributed by atoms with Gasteiger partial charge in [-0.2, -0.15) is 0 Å². The second-order valence-corrected chi connectivity index (χ2v) is 5.29. The standard InChI is InChI=1S/C15H20O2/c1-12(2)11-17-14(16)15(9-6-10-15)13-7-4-3-5-8-13/h3-5,7-8,12H,6,9-11H2,1-2H3. The van der Waals surface area contributed by atoms with Crippen molar-refractivity contribution >= 4 is 5.97 Å². The first-order valence-corrected chi connectivity index (χ1v) is 6.38. The Hall–Kier alpha value is -1.31. The van der Waals surface area contributed by atoms with E-state index in [0.717, 1.165) is 24.8 Å². The Bertz CT molecular complexity index is 377. The van der Waals surface area contributed by atoms with Gasteiger partial charge in [0.25, 0.3) is 0 Å². The lowest BCUT2D eigenvalue weighted by Gasteiger charge is -2.39. The third kappa shape index (κ3) is 2.36. The number of esters is 1. The highest BCUT2D eigenvalue weighted by molar-refractivity contribution is 5.84. The number of hydrogen-bond acceptors (Lipinski definition) is 2. The molecule has 1 aliphatic carbocycles. The first-order valence-electron chi connectivity index (χ1n) is 6.38. The lowest BCUT2D eigenvalue weighted by atomic mass is 9.64. The van der Waals surface area contributed by atoms with Crippen LogP contribution in [-0.4, -0.2) is 12.6 Å². The zero-order chi connectivity index (χ0) is 12.3. The number of carbonyl (C=O) groups excluding carboxylic acids is 1. The van der Waals surface area contributed by atoms with Gasteiger partial charge in [-0.05, 0) is 24.3 Å². The number of hydrogen-bond donors (Lipinski definition) is 0. The monoisotopic (exact) mass is 232 g/mol. The molecule has 1 aromatic carbocycles. The lowest BCUT2D eigenvalue weighted by Crippen LogP contribution is -2.44. The summed E-state index contributed by atoms with van der Waals surface area (Å²) in [4.78, 5) is 12.2. The van der Waals surface area contributed by atoms with E-state index in [4.69, 9.17) is 4.74 Å².